The van der Waals surface area contributed by atoms with E-state index in [0.29, 0.717) is 36.2 Å². The van der Waals surface area contributed by atoms with Crippen LogP contribution in [0.1, 0.15) is 102 Å². The summed E-state index contributed by atoms with van der Waals surface area (Å²) < 4.78 is 14.2. The Morgan fingerprint density at radius 3 is 2.38 bits per heavy atom. The van der Waals surface area contributed by atoms with Gasteiger partial charge in [-0.25, -0.2) is 9.78 Å². The molecular weight excluding hydrogens is 936 g/mol. The van der Waals surface area contributed by atoms with E-state index < -0.39 is 52.8 Å². The number of hydrogen-bond acceptors (Lipinski definition) is 11. The molecule has 16 nitrogen and oxygen atoms in total. The second-order valence-corrected chi connectivity index (χ2v) is 19.8. The van der Waals surface area contributed by atoms with Crippen LogP contribution in [0.2, 0.25) is 0 Å². The van der Waals surface area contributed by atoms with E-state index in [-0.39, 0.29) is 92.8 Å². The number of carbonyl (C=O) groups excluding carboxylic acids is 7. The minimum Gasteiger partial charge on any atom is -0.457 e. The van der Waals surface area contributed by atoms with Crippen LogP contribution < -0.4 is 16.6 Å². The van der Waals surface area contributed by atoms with Crippen molar-refractivity contribution in [3.05, 3.63) is 110 Å². The highest BCUT2D eigenvalue weighted by atomic mass is 79.9. The number of imide groups is 1. The van der Waals surface area contributed by atoms with Crippen molar-refractivity contribution in [1.82, 2.24) is 24.7 Å². The Balaban J connectivity index is 1.12. The van der Waals surface area contributed by atoms with Crippen molar-refractivity contribution in [2.45, 2.75) is 117 Å². The normalized spacial score (nSPS) is 17.1. The summed E-state index contributed by atoms with van der Waals surface area (Å²) in [4.78, 5) is 116. The average molecular weight is 994 g/mol. The van der Waals surface area contributed by atoms with E-state index in [2.05, 4.69) is 21.2 Å². The van der Waals surface area contributed by atoms with E-state index >= 15 is 0 Å². The van der Waals surface area contributed by atoms with Crippen LogP contribution in [-0.4, -0.2) is 86.0 Å². The van der Waals surface area contributed by atoms with Gasteiger partial charge in [0.15, 0.2) is 0 Å². The molecule has 0 saturated heterocycles. The summed E-state index contributed by atoms with van der Waals surface area (Å²) >= 11 is 3.59. The number of ether oxygens (including phenoxy) is 2. The Morgan fingerprint density at radius 1 is 0.985 bits per heavy atom. The smallest absolute Gasteiger partial charge is 0.355 e. The number of nitrogens with two attached hydrogens (primary N) is 1. The van der Waals surface area contributed by atoms with E-state index in [1.807, 2.05) is 68.4 Å². The molecule has 17 heteroatoms. The number of pyridine rings is 2. The van der Waals surface area contributed by atoms with Crippen LogP contribution in [0, 0.1) is 11.3 Å². The van der Waals surface area contributed by atoms with Crippen LogP contribution in [0.3, 0.4) is 0 Å². The number of esters is 2. The zero-order valence-electron chi connectivity index (χ0n) is 39.0. The summed E-state index contributed by atoms with van der Waals surface area (Å²) in [6.45, 7) is 8.89. The number of benzene rings is 2. The van der Waals surface area contributed by atoms with Gasteiger partial charge in [-0.2, -0.15) is 0 Å². The van der Waals surface area contributed by atoms with E-state index in [1.165, 1.54) is 17.1 Å². The lowest BCUT2D eigenvalue weighted by atomic mass is 9.84. The average Bonchev–Trinajstić information content (AvgIpc) is 3.82. The molecule has 3 N–H and O–H groups in total. The van der Waals surface area contributed by atoms with Crippen molar-refractivity contribution in [3.8, 4) is 11.4 Å². The first kappa shape index (κ1) is 49.4. The van der Waals surface area contributed by atoms with Crippen molar-refractivity contribution < 1.29 is 43.0 Å². The number of nitrogens with zero attached hydrogens (tertiary/aromatic N) is 4. The number of unbranched alkanes of at least 4 members (excludes halogenated alkanes) is 2. The van der Waals surface area contributed by atoms with Gasteiger partial charge in [-0.3, -0.25) is 38.5 Å². The monoisotopic (exact) mass is 992 g/mol. The van der Waals surface area contributed by atoms with Gasteiger partial charge in [-0.15, -0.1) is 0 Å². The van der Waals surface area contributed by atoms with Gasteiger partial charge in [-0.05, 0) is 66.8 Å². The zero-order valence-corrected chi connectivity index (χ0v) is 40.6. The molecule has 7 rings (SSSR count). The number of aromatic nitrogens is 2. The van der Waals surface area contributed by atoms with Crippen LogP contribution in [-0.2, 0) is 68.2 Å². The predicted octanol–water partition coefficient (Wildman–Crippen LogP) is 5.75. The summed E-state index contributed by atoms with van der Waals surface area (Å²) in [5.74, 6) is -4.22. The van der Waals surface area contributed by atoms with Crippen molar-refractivity contribution >= 4 is 68.3 Å². The number of rotatable bonds is 20. The van der Waals surface area contributed by atoms with Crippen molar-refractivity contribution in [3.63, 3.8) is 0 Å². The van der Waals surface area contributed by atoms with E-state index in [9.17, 15) is 38.4 Å². The number of primary amides is 1. The summed E-state index contributed by atoms with van der Waals surface area (Å²) in [7, 11) is 0. The van der Waals surface area contributed by atoms with Gasteiger partial charge in [-0.1, -0.05) is 93.4 Å². The van der Waals surface area contributed by atoms with Crippen molar-refractivity contribution in [1.29, 1.82) is 0 Å². The molecule has 3 atom stereocenters. The number of fused-ring (bicyclic) bond motifs is 5. The number of hydrogen-bond donors (Lipinski definition) is 2. The van der Waals surface area contributed by atoms with E-state index in [1.54, 1.807) is 31.4 Å². The molecule has 0 saturated carbocycles. The maximum Gasteiger partial charge on any atom is 0.355 e. The highest BCUT2D eigenvalue weighted by Gasteiger charge is 2.51. The summed E-state index contributed by atoms with van der Waals surface area (Å²) in [5, 5.41) is 3.78. The fourth-order valence-corrected chi connectivity index (χ4v) is 9.82. The van der Waals surface area contributed by atoms with Crippen LogP contribution in [0.25, 0.3) is 22.3 Å². The molecule has 5 amide bonds. The second kappa shape index (κ2) is 20.4. The second-order valence-electron chi connectivity index (χ2n) is 19.0. The third-order valence-electron chi connectivity index (χ3n) is 12.8. The molecule has 2 aromatic heterocycles. The maximum atomic E-state index is 15.0. The topological polar surface area (TPSA) is 217 Å². The summed E-state index contributed by atoms with van der Waals surface area (Å²) in [5.41, 5.74) is 6.30. The van der Waals surface area contributed by atoms with Gasteiger partial charge in [0.25, 0.3) is 17.4 Å². The largest absolute Gasteiger partial charge is 0.457 e. The van der Waals surface area contributed by atoms with Crippen LogP contribution in [0.5, 0.6) is 0 Å². The minimum absolute atomic E-state index is 0.0548. The molecule has 3 aliphatic rings. The van der Waals surface area contributed by atoms with Crippen molar-refractivity contribution in [2.75, 3.05) is 13.1 Å². The van der Waals surface area contributed by atoms with Crippen molar-refractivity contribution in [2.24, 2.45) is 17.1 Å². The number of halogens is 1. The summed E-state index contributed by atoms with van der Waals surface area (Å²) in [6.07, 6.45) is 3.84. The molecule has 0 spiro atoms. The molecule has 0 fully saturated rings. The number of amides is 5. The Hall–Kier alpha value is -6.49. The van der Waals surface area contributed by atoms with E-state index in [0.717, 1.165) is 25.9 Å². The Morgan fingerprint density at radius 2 is 1.71 bits per heavy atom. The van der Waals surface area contributed by atoms with Gasteiger partial charge in [0, 0.05) is 59.1 Å². The fraction of sp³-hybridized carbons (Fsp3) is 0.431. The lowest BCUT2D eigenvalue weighted by molar-refractivity contribution is -0.190. The van der Waals surface area contributed by atoms with Crippen LogP contribution >= 0.6 is 15.9 Å². The predicted molar refractivity (Wildman–Crippen MR) is 255 cm³/mol. The molecule has 0 radical (unpaired) electrons. The van der Waals surface area contributed by atoms with Gasteiger partial charge >= 0.3 is 11.9 Å². The highest BCUT2D eigenvalue weighted by Crippen LogP contribution is 2.42. The summed E-state index contributed by atoms with van der Waals surface area (Å²) in [6, 6.07) is 16.2. The van der Waals surface area contributed by atoms with Gasteiger partial charge in [0.2, 0.25) is 23.3 Å². The first-order chi connectivity index (χ1) is 32.3. The fourth-order valence-electron chi connectivity index (χ4n) is 9.35. The Labute approximate surface area is 402 Å². The first-order valence-corrected chi connectivity index (χ1v) is 23.8. The first-order valence-electron chi connectivity index (χ1n) is 23.0. The lowest BCUT2D eigenvalue weighted by Crippen LogP contribution is -2.58. The molecule has 3 aliphatic heterocycles. The third kappa shape index (κ3) is 10.5. The molecule has 2 aromatic carbocycles. The molecule has 0 unspecified atom stereocenters. The van der Waals surface area contributed by atoms with Crippen LogP contribution in [0.15, 0.2) is 82.1 Å². The molecule has 358 valence electrons. The molecule has 68 heavy (non-hydrogen) atoms. The van der Waals surface area contributed by atoms with Crippen LogP contribution in [0.4, 0.5) is 0 Å². The molecule has 0 aliphatic carbocycles. The number of nitrogens with one attached hydrogen (secondary N) is 1. The molecule has 4 aromatic rings. The lowest BCUT2D eigenvalue weighted by Gasteiger charge is -2.40. The number of cyclic esters (lactones) is 1. The molecule has 5 heterocycles. The Bertz CT molecular complexity index is 2750. The molecular formula is C51H57BrN6O10. The van der Waals surface area contributed by atoms with Gasteiger partial charge in [0.05, 0.1) is 35.4 Å². The standard InChI is InChI=1S/C51H57BrN6O10/c1-6-51(35-25-39-45-32(24-33-36(52)16-13-17-37(33)55-45)27-57(39)47(64)34(35)28-67-49(51)66)68-44(62)26-50(4,5)29-58(40(46(53)63)22-30(2)3)48(65)38(23-31-14-9-7-10-15-31)54-41(59)18-11-8-12-21-56-42(60)19-20-43(56)61/h7,9-10,13-17,19-20,24-25,30,38,40H,6,8,11-12,18,21-23,26-29H2,1-5H3,(H2,53,63)(H,54,59)/t38-,40-,51-/m0/s1. The van der Waals surface area contributed by atoms with E-state index in [4.69, 9.17) is 20.2 Å². The zero-order chi connectivity index (χ0) is 49.1. The van der Waals surface area contributed by atoms with Gasteiger partial charge in [0.1, 0.15) is 18.7 Å². The van der Waals surface area contributed by atoms with Gasteiger partial charge < -0.3 is 30.0 Å². The number of carbonyl (C=O) groups is 7. The maximum absolute atomic E-state index is 15.0. The SMILES string of the molecule is CC[C@@]1(OC(=O)CC(C)(C)CN(C(=O)[C@H](Cc2ccccc2)NC(=O)CCCCCN2C(=O)C=CC2=O)[C@@H](CC(C)C)C(N)=O)C(=O)OCc2c1cc1n(c2=O)Cc2cc3c(Br)cccc3nc2-1. The minimum atomic E-state index is -1.98. The quantitative estimate of drug-likeness (QED) is 0.0544. The Kier molecular flexibility index (Phi) is 14.8. The highest BCUT2D eigenvalue weighted by molar-refractivity contribution is 9.10. The molecule has 0 bridgehead atoms. The third-order valence-corrected chi connectivity index (χ3v) is 13.5.